The van der Waals surface area contributed by atoms with Crippen molar-refractivity contribution in [3.63, 3.8) is 0 Å². The van der Waals surface area contributed by atoms with Crippen LogP contribution in [0.25, 0.3) is 0 Å². The number of hydrogen-bond donors (Lipinski definition) is 0. The van der Waals surface area contributed by atoms with Crippen molar-refractivity contribution in [2.75, 3.05) is 6.67 Å². The molecular weight excluding hydrogens is 185 g/mol. The van der Waals surface area contributed by atoms with Gasteiger partial charge in [-0.2, -0.15) is 0 Å². The lowest BCUT2D eigenvalue weighted by Gasteiger charge is -2.10. The molecule has 3 nitrogen and oxygen atoms in total. The highest BCUT2D eigenvalue weighted by atomic mass is 19.1. The highest BCUT2D eigenvalue weighted by Crippen LogP contribution is 2.26. The van der Waals surface area contributed by atoms with E-state index in [0.29, 0.717) is 11.1 Å². The smallest absolute Gasteiger partial charge is 0.258 e. The topological polar surface area (TPSA) is 43.1 Å². The summed E-state index contributed by atoms with van der Waals surface area (Å²) in [6.45, 7) is 2.87. The molecule has 0 N–H and O–H groups in total. The molecule has 4 heteroatoms. The molecule has 0 aliphatic heterocycles. The van der Waals surface area contributed by atoms with Crippen LogP contribution < -0.4 is 0 Å². The zero-order chi connectivity index (χ0) is 10.7. The van der Waals surface area contributed by atoms with Crippen LogP contribution in [-0.2, 0) is 0 Å². The van der Waals surface area contributed by atoms with Crippen molar-refractivity contribution < 1.29 is 9.31 Å². The maximum Gasteiger partial charge on any atom is 0.272 e. The molecule has 1 unspecified atom stereocenters. The van der Waals surface area contributed by atoms with Crippen LogP contribution in [0.4, 0.5) is 10.1 Å². The van der Waals surface area contributed by atoms with Gasteiger partial charge in [0, 0.05) is 17.5 Å². The number of halogens is 1. The minimum Gasteiger partial charge on any atom is -0.258 e. The number of benzene rings is 1. The zero-order valence-electron chi connectivity index (χ0n) is 8.16. The Morgan fingerprint density at radius 1 is 1.57 bits per heavy atom. The van der Waals surface area contributed by atoms with Crippen molar-refractivity contribution in [2.24, 2.45) is 0 Å². The zero-order valence-corrected chi connectivity index (χ0v) is 8.16. The second-order valence-electron chi connectivity index (χ2n) is 3.30. The summed E-state index contributed by atoms with van der Waals surface area (Å²) in [7, 11) is 0. The maximum absolute atomic E-state index is 12.4. The fraction of sp³-hybridized carbons (Fsp3) is 0.400. The largest absolute Gasteiger partial charge is 0.272 e. The van der Waals surface area contributed by atoms with Gasteiger partial charge in [-0.3, -0.25) is 14.5 Å². The molecule has 0 aliphatic rings. The first-order chi connectivity index (χ1) is 6.57. The van der Waals surface area contributed by atoms with Gasteiger partial charge in [-0.1, -0.05) is 19.1 Å². The molecule has 1 aromatic rings. The Labute approximate surface area is 81.7 Å². The van der Waals surface area contributed by atoms with E-state index in [4.69, 9.17) is 0 Å². The molecule has 0 radical (unpaired) electrons. The minimum absolute atomic E-state index is 0.0581. The van der Waals surface area contributed by atoms with E-state index >= 15 is 0 Å². The van der Waals surface area contributed by atoms with Gasteiger partial charge >= 0.3 is 0 Å². The molecule has 0 fully saturated rings. The molecule has 14 heavy (non-hydrogen) atoms. The number of alkyl halides is 1. The van der Waals surface area contributed by atoms with Crippen molar-refractivity contribution in [1.82, 2.24) is 0 Å². The summed E-state index contributed by atoms with van der Waals surface area (Å²) >= 11 is 0. The van der Waals surface area contributed by atoms with Crippen LogP contribution in [-0.4, -0.2) is 11.6 Å². The Morgan fingerprint density at radius 3 is 2.71 bits per heavy atom. The molecule has 1 rings (SSSR count). The van der Waals surface area contributed by atoms with Gasteiger partial charge in [-0.05, 0) is 12.5 Å². The summed E-state index contributed by atoms with van der Waals surface area (Å²) in [5, 5.41) is 10.6. The molecule has 0 heterocycles. The van der Waals surface area contributed by atoms with Crippen LogP contribution in [0.1, 0.15) is 24.0 Å². The van der Waals surface area contributed by atoms with E-state index in [0.717, 1.165) is 0 Å². The van der Waals surface area contributed by atoms with Crippen LogP contribution >= 0.6 is 0 Å². The maximum atomic E-state index is 12.4. The molecule has 0 spiro atoms. The van der Waals surface area contributed by atoms with Gasteiger partial charge in [0.1, 0.15) is 0 Å². The lowest BCUT2D eigenvalue weighted by atomic mass is 9.96. The third-order valence-corrected chi connectivity index (χ3v) is 2.31. The quantitative estimate of drug-likeness (QED) is 0.552. The third-order valence-electron chi connectivity index (χ3n) is 2.31. The number of nitro benzene ring substituents is 1. The summed E-state index contributed by atoms with van der Waals surface area (Å²) in [4.78, 5) is 10.2. The number of rotatable bonds is 3. The predicted octanol–water partition coefficient (Wildman–Crippen LogP) is 2.98. The first-order valence-electron chi connectivity index (χ1n) is 4.37. The average Bonchev–Trinajstić information content (AvgIpc) is 2.16. The van der Waals surface area contributed by atoms with Crippen LogP contribution in [0.3, 0.4) is 0 Å². The van der Waals surface area contributed by atoms with E-state index in [1.807, 2.05) is 0 Å². The molecule has 0 aromatic heterocycles. The monoisotopic (exact) mass is 197 g/mol. The van der Waals surface area contributed by atoms with E-state index in [1.54, 1.807) is 26.0 Å². The van der Waals surface area contributed by atoms with E-state index < -0.39 is 11.6 Å². The fourth-order valence-corrected chi connectivity index (χ4v) is 1.46. The molecular formula is C10H12FNO2. The Bertz CT molecular complexity index is 352. The van der Waals surface area contributed by atoms with E-state index in [2.05, 4.69) is 0 Å². The Morgan fingerprint density at radius 2 is 2.21 bits per heavy atom. The van der Waals surface area contributed by atoms with Gasteiger partial charge < -0.3 is 0 Å². The summed E-state index contributed by atoms with van der Waals surface area (Å²) in [6.07, 6.45) is 0. The highest BCUT2D eigenvalue weighted by molar-refractivity contribution is 5.45. The van der Waals surface area contributed by atoms with Crippen LogP contribution in [0, 0.1) is 17.0 Å². The number of nitro groups is 1. The lowest BCUT2D eigenvalue weighted by molar-refractivity contribution is -0.385. The molecule has 0 amide bonds. The summed E-state index contributed by atoms with van der Waals surface area (Å²) in [6, 6.07) is 4.75. The van der Waals surface area contributed by atoms with Crippen molar-refractivity contribution in [3.05, 3.63) is 39.4 Å². The van der Waals surface area contributed by atoms with Crippen molar-refractivity contribution >= 4 is 5.69 Å². The molecule has 1 aromatic carbocycles. The van der Waals surface area contributed by atoms with Gasteiger partial charge in [-0.25, -0.2) is 0 Å². The summed E-state index contributed by atoms with van der Waals surface area (Å²) in [5.74, 6) is -0.283. The van der Waals surface area contributed by atoms with Gasteiger partial charge in [0.05, 0.1) is 11.6 Å². The second kappa shape index (κ2) is 4.17. The highest BCUT2D eigenvalue weighted by Gasteiger charge is 2.16. The molecule has 0 saturated carbocycles. The summed E-state index contributed by atoms with van der Waals surface area (Å²) < 4.78 is 12.4. The Balaban J connectivity index is 3.20. The standard InChI is InChI=1S/C10H12FNO2/c1-7(6-11)9-4-3-5-10(8(9)2)12(13)14/h3-5,7H,6H2,1-2H3. The molecule has 0 saturated heterocycles. The van der Waals surface area contributed by atoms with Crippen LogP contribution in [0.2, 0.25) is 0 Å². The fourth-order valence-electron chi connectivity index (χ4n) is 1.46. The van der Waals surface area contributed by atoms with Gasteiger partial charge in [0.25, 0.3) is 5.69 Å². The number of hydrogen-bond acceptors (Lipinski definition) is 2. The first-order valence-corrected chi connectivity index (χ1v) is 4.37. The van der Waals surface area contributed by atoms with Crippen molar-refractivity contribution in [1.29, 1.82) is 0 Å². The van der Waals surface area contributed by atoms with E-state index in [9.17, 15) is 14.5 Å². The predicted molar refractivity (Wildman–Crippen MR) is 52.2 cm³/mol. The van der Waals surface area contributed by atoms with Crippen LogP contribution in [0.5, 0.6) is 0 Å². The molecule has 76 valence electrons. The Kier molecular flexibility index (Phi) is 3.17. The minimum atomic E-state index is -0.498. The molecule has 0 aliphatic carbocycles. The average molecular weight is 197 g/mol. The normalized spacial score (nSPS) is 12.5. The van der Waals surface area contributed by atoms with E-state index in [1.165, 1.54) is 6.07 Å². The SMILES string of the molecule is Cc1c(C(C)CF)cccc1[N+](=O)[O-]. The van der Waals surface area contributed by atoms with Crippen molar-refractivity contribution in [2.45, 2.75) is 19.8 Å². The number of nitrogens with zero attached hydrogens (tertiary/aromatic N) is 1. The van der Waals surface area contributed by atoms with Crippen LogP contribution in [0.15, 0.2) is 18.2 Å². The van der Waals surface area contributed by atoms with E-state index in [-0.39, 0.29) is 11.6 Å². The second-order valence-corrected chi connectivity index (χ2v) is 3.30. The van der Waals surface area contributed by atoms with Gasteiger partial charge in [-0.15, -0.1) is 0 Å². The summed E-state index contributed by atoms with van der Waals surface area (Å²) in [5.41, 5.74) is 1.33. The first kappa shape index (κ1) is 10.6. The lowest BCUT2D eigenvalue weighted by Crippen LogP contribution is -2.01. The van der Waals surface area contributed by atoms with Crippen molar-refractivity contribution in [3.8, 4) is 0 Å². The molecule has 1 atom stereocenters. The Hall–Kier alpha value is -1.45. The van der Waals surface area contributed by atoms with Gasteiger partial charge in [0.15, 0.2) is 0 Å². The van der Waals surface area contributed by atoms with Gasteiger partial charge in [0.2, 0.25) is 0 Å². The third kappa shape index (κ3) is 1.89. The molecule has 0 bridgehead atoms.